The minimum absolute atomic E-state index is 0.115. The fourth-order valence-corrected chi connectivity index (χ4v) is 4.71. The molecule has 2 aromatic rings. The summed E-state index contributed by atoms with van der Waals surface area (Å²) >= 11 is 6.88. The number of benzene rings is 2. The Bertz CT molecular complexity index is 1140. The van der Waals surface area contributed by atoms with Gasteiger partial charge in [0.1, 0.15) is 11.4 Å². The van der Waals surface area contributed by atoms with Crippen LogP contribution < -0.4 is 10.6 Å². The van der Waals surface area contributed by atoms with Gasteiger partial charge in [0.15, 0.2) is 0 Å². The van der Waals surface area contributed by atoms with E-state index in [2.05, 4.69) is 10.6 Å². The van der Waals surface area contributed by atoms with E-state index in [0.717, 1.165) is 11.1 Å². The molecule has 0 aromatic heterocycles. The molecule has 9 heteroatoms. The molecule has 0 aliphatic carbocycles. The molecular formula is C27H34ClN3O5. The molecule has 0 fully saturated rings. The maximum atomic E-state index is 13.1. The van der Waals surface area contributed by atoms with Crippen LogP contribution in [0.4, 0.5) is 4.79 Å². The molecule has 3 N–H and O–H groups in total. The van der Waals surface area contributed by atoms with E-state index in [1.165, 1.54) is 0 Å². The first-order valence-electron chi connectivity index (χ1n) is 12.1. The van der Waals surface area contributed by atoms with Gasteiger partial charge in [-0.25, -0.2) is 4.79 Å². The number of fused-ring (bicyclic) bond motifs is 1. The van der Waals surface area contributed by atoms with E-state index in [1.807, 2.05) is 20.8 Å². The lowest BCUT2D eigenvalue weighted by molar-refractivity contribution is 0.0251. The van der Waals surface area contributed by atoms with Crippen molar-refractivity contribution in [3.8, 4) is 5.75 Å². The second-order valence-corrected chi connectivity index (χ2v) is 10.1. The quantitative estimate of drug-likeness (QED) is 0.544. The van der Waals surface area contributed by atoms with Crippen LogP contribution >= 0.6 is 11.6 Å². The number of aromatic hydroxyl groups is 1. The minimum Gasteiger partial charge on any atom is -0.508 e. The average molecular weight is 516 g/mol. The van der Waals surface area contributed by atoms with Crippen LogP contribution in [-0.4, -0.2) is 59.7 Å². The molecule has 2 aromatic carbocycles. The standard InChI is InChI=1S/C27H34ClN3O5/c1-6-29-24(33)20-14-19-18(23(28)22(20)25(34)30-7-2)12-13-31(26(35)36-27(3,4)5)15-21(19)16-8-10-17(32)11-9-16/h8-11,14,21,32H,6-7,12-13,15H2,1-5H3,(H,29,33)(H,30,34)/t21-/m1/s1. The van der Waals surface area contributed by atoms with Crippen molar-refractivity contribution in [2.24, 2.45) is 0 Å². The molecule has 36 heavy (non-hydrogen) atoms. The molecule has 8 nitrogen and oxygen atoms in total. The molecule has 0 saturated carbocycles. The van der Waals surface area contributed by atoms with Crippen LogP contribution in [0.1, 0.15) is 77.9 Å². The molecule has 1 aliphatic heterocycles. The summed E-state index contributed by atoms with van der Waals surface area (Å²) in [5, 5.41) is 15.6. The van der Waals surface area contributed by atoms with E-state index in [0.29, 0.717) is 31.6 Å². The van der Waals surface area contributed by atoms with E-state index in [9.17, 15) is 19.5 Å². The summed E-state index contributed by atoms with van der Waals surface area (Å²) in [6.45, 7) is 10.4. The van der Waals surface area contributed by atoms with E-state index in [1.54, 1.807) is 49.1 Å². The topological polar surface area (TPSA) is 108 Å². The number of hydrogen-bond donors (Lipinski definition) is 3. The zero-order chi connectivity index (χ0) is 26.6. The second-order valence-electron chi connectivity index (χ2n) is 9.72. The molecule has 0 bridgehead atoms. The van der Waals surface area contributed by atoms with Crippen molar-refractivity contribution in [2.75, 3.05) is 26.2 Å². The Balaban J connectivity index is 2.21. The molecule has 3 amide bonds. The first kappa shape index (κ1) is 27.3. The Hall–Kier alpha value is -3.26. The fourth-order valence-electron chi connectivity index (χ4n) is 4.32. The number of carbonyl (C=O) groups excluding carboxylic acids is 3. The molecule has 0 saturated heterocycles. The number of carbonyl (C=O) groups is 3. The first-order valence-corrected chi connectivity index (χ1v) is 12.5. The van der Waals surface area contributed by atoms with Crippen molar-refractivity contribution >= 4 is 29.5 Å². The minimum atomic E-state index is -0.668. The van der Waals surface area contributed by atoms with Gasteiger partial charge in [-0.2, -0.15) is 0 Å². The van der Waals surface area contributed by atoms with Crippen LogP contribution in [0, 0.1) is 0 Å². The van der Waals surface area contributed by atoms with E-state index < -0.39 is 23.5 Å². The Labute approximate surface area is 217 Å². The zero-order valence-electron chi connectivity index (χ0n) is 21.4. The molecule has 3 rings (SSSR count). The number of nitrogens with zero attached hydrogens (tertiary/aromatic N) is 1. The number of nitrogens with one attached hydrogen (secondary N) is 2. The zero-order valence-corrected chi connectivity index (χ0v) is 22.2. The lowest BCUT2D eigenvalue weighted by Crippen LogP contribution is -2.39. The van der Waals surface area contributed by atoms with Crippen LogP contribution in [0.3, 0.4) is 0 Å². The molecule has 0 unspecified atom stereocenters. The third-order valence-corrected chi connectivity index (χ3v) is 6.32. The Morgan fingerprint density at radius 2 is 1.69 bits per heavy atom. The highest BCUT2D eigenvalue weighted by molar-refractivity contribution is 6.35. The highest BCUT2D eigenvalue weighted by atomic mass is 35.5. The number of phenolic OH excluding ortho intramolecular Hbond substituents is 1. The third-order valence-electron chi connectivity index (χ3n) is 5.91. The van der Waals surface area contributed by atoms with E-state index >= 15 is 0 Å². The molecule has 0 spiro atoms. The number of hydrogen-bond acceptors (Lipinski definition) is 5. The number of amides is 3. The van der Waals surface area contributed by atoms with Crippen molar-refractivity contribution in [3.63, 3.8) is 0 Å². The number of rotatable bonds is 5. The van der Waals surface area contributed by atoms with Gasteiger partial charge in [-0.05, 0) is 75.9 Å². The van der Waals surface area contributed by atoms with Crippen LogP contribution in [-0.2, 0) is 11.2 Å². The van der Waals surface area contributed by atoms with Crippen molar-refractivity contribution in [2.45, 2.75) is 52.6 Å². The summed E-state index contributed by atoms with van der Waals surface area (Å²) in [5.41, 5.74) is 1.92. The van der Waals surface area contributed by atoms with Crippen molar-refractivity contribution in [1.82, 2.24) is 15.5 Å². The number of halogens is 1. The van der Waals surface area contributed by atoms with Crippen LogP contribution in [0.5, 0.6) is 5.75 Å². The van der Waals surface area contributed by atoms with Gasteiger partial charge in [0.2, 0.25) is 0 Å². The first-order chi connectivity index (χ1) is 17.0. The maximum absolute atomic E-state index is 13.1. The summed E-state index contributed by atoms with van der Waals surface area (Å²) in [5.74, 6) is -1.09. The van der Waals surface area contributed by atoms with Gasteiger partial charge in [-0.15, -0.1) is 0 Å². The van der Waals surface area contributed by atoms with E-state index in [4.69, 9.17) is 16.3 Å². The molecule has 1 heterocycles. The Morgan fingerprint density at radius 3 is 2.28 bits per heavy atom. The summed E-state index contributed by atoms with van der Waals surface area (Å²) in [6.07, 6.45) is -0.0764. The van der Waals surface area contributed by atoms with Gasteiger partial charge in [0.05, 0.1) is 16.1 Å². The van der Waals surface area contributed by atoms with Gasteiger partial charge >= 0.3 is 6.09 Å². The molecule has 1 atom stereocenters. The smallest absolute Gasteiger partial charge is 0.410 e. The molecular weight excluding hydrogens is 482 g/mol. The van der Waals surface area contributed by atoms with Crippen LogP contribution in [0.25, 0.3) is 0 Å². The average Bonchev–Trinajstić information content (AvgIpc) is 2.99. The fraction of sp³-hybridized carbons (Fsp3) is 0.444. The van der Waals surface area contributed by atoms with E-state index in [-0.39, 0.29) is 34.4 Å². The summed E-state index contributed by atoms with van der Waals surface area (Å²) in [7, 11) is 0. The maximum Gasteiger partial charge on any atom is 0.410 e. The highest BCUT2D eigenvalue weighted by Crippen LogP contribution is 2.39. The lowest BCUT2D eigenvalue weighted by Gasteiger charge is -2.29. The largest absolute Gasteiger partial charge is 0.508 e. The number of phenols is 1. The second kappa shape index (κ2) is 11.2. The summed E-state index contributed by atoms with van der Waals surface area (Å²) < 4.78 is 5.64. The summed E-state index contributed by atoms with van der Waals surface area (Å²) in [4.78, 5) is 40.7. The SMILES string of the molecule is CCNC(=O)c1cc2c(c(Cl)c1C(=O)NCC)CCN(C(=O)OC(C)(C)C)C[C@@H]2c1ccc(O)cc1. The van der Waals surface area contributed by atoms with Crippen molar-refractivity contribution in [3.05, 3.63) is 63.2 Å². The predicted molar refractivity (Wildman–Crippen MR) is 139 cm³/mol. The van der Waals surface area contributed by atoms with Crippen molar-refractivity contribution in [1.29, 1.82) is 0 Å². The number of ether oxygens (including phenoxy) is 1. The molecule has 0 radical (unpaired) electrons. The predicted octanol–water partition coefficient (Wildman–Crippen LogP) is 4.47. The van der Waals surface area contributed by atoms with Crippen LogP contribution in [0.15, 0.2) is 30.3 Å². The van der Waals surface area contributed by atoms with Gasteiger partial charge in [-0.3, -0.25) is 9.59 Å². The van der Waals surface area contributed by atoms with Crippen molar-refractivity contribution < 1.29 is 24.2 Å². The van der Waals surface area contributed by atoms with Gasteiger partial charge < -0.3 is 25.4 Å². The third kappa shape index (κ3) is 6.10. The monoisotopic (exact) mass is 515 g/mol. The summed E-state index contributed by atoms with van der Waals surface area (Å²) in [6, 6.07) is 8.42. The highest BCUT2D eigenvalue weighted by Gasteiger charge is 2.34. The molecule has 194 valence electrons. The van der Waals surface area contributed by atoms with Crippen LogP contribution in [0.2, 0.25) is 5.02 Å². The van der Waals surface area contributed by atoms with Gasteiger partial charge in [0.25, 0.3) is 11.8 Å². The van der Waals surface area contributed by atoms with Gasteiger partial charge in [0, 0.05) is 32.1 Å². The van der Waals surface area contributed by atoms with Gasteiger partial charge in [-0.1, -0.05) is 23.7 Å². The normalized spacial score (nSPS) is 15.5. The Morgan fingerprint density at radius 1 is 1.08 bits per heavy atom. The Kier molecular flexibility index (Phi) is 8.51. The lowest BCUT2D eigenvalue weighted by atomic mass is 9.85. The molecule has 1 aliphatic rings.